The maximum atomic E-state index is 12.1. The molecule has 0 aliphatic rings. The summed E-state index contributed by atoms with van der Waals surface area (Å²) in [5.74, 6) is 0.263. The van der Waals surface area contributed by atoms with Gasteiger partial charge in [0.1, 0.15) is 0 Å². The number of hydrogen-bond donors (Lipinski definition) is 1. The number of amides is 1. The zero-order valence-electron chi connectivity index (χ0n) is 10.9. The Morgan fingerprint density at radius 2 is 2.16 bits per heavy atom. The Bertz CT molecular complexity index is 622. The van der Waals surface area contributed by atoms with E-state index in [-0.39, 0.29) is 5.91 Å². The Balaban J connectivity index is 2.22. The zero-order chi connectivity index (χ0) is 14.0. The minimum Gasteiger partial charge on any atom is -0.481 e. The number of methoxy groups -OCH3 is 1. The van der Waals surface area contributed by atoms with Crippen LogP contribution < -0.4 is 10.1 Å². The summed E-state index contributed by atoms with van der Waals surface area (Å²) in [6, 6.07) is 7.34. The van der Waals surface area contributed by atoms with E-state index < -0.39 is 0 Å². The number of ether oxygens (including phenoxy) is 1. The third kappa shape index (κ3) is 2.96. The number of aryl methyl sites for hydroxylation is 2. The van der Waals surface area contributed by atoms with Crippen molar-refractivity contribution in [2.75, 3.05) is 12.4 Å². The Labute approximate surface area is 119 Å². The molecule has 6 heteroatoms. The van der Waals surface area contributed by atoms with Crippen LogP contribution >= 0.6 is 15.9 Å². The van der Waals surface area contributed by atoms with Crippen LogP contribution in [0.25, 0.3) is 0 Å². The fraction of sp³-hybridized carbons (Fsp3) is 0.231. The quantitative estimate of drug-likeness (QED) is 0.944. The Hall–Kier alpha value is -1.82. The molecule has 0 atom stereocenters. The van der Waals surface area contributed by atoms with Gasteiger partial charge < -0.3 is 10.1 Å². The average molecular weight is 324 g/mol. The van der Waals surface area contributed by atoms with Crippen molar-refractivity contribution in [3.05, 3.63) is 40.0 Å². The topological polar surface area (TPSA) is 56.1 Å². The van der Waals surface area contributed by atoms with Crippen molar-refractivity contribution in [1.29, 1.82) is 0 Å². The summed E-state index contributed by atoms with van der Waals surface area (Å²) in [5.41, 5.74) is 2.10. The first kappa shape index (κ1) is 13.6. The zero-order valence-corrected chi connectivity index (χ0v) is 12.5. The van der Waals surface area contributed by atoms with E-state index in [4.69, 9.17) is 4.74 Å². The molecular formula is C13H14BrN3O2. The molecule has 2 rings (SSSR count). The Morgan fingerprint density at radius 3 is 2.79 bits per heavy atom. The second-order valence-electron chi connectivity index (χ2n) is 4.13. The molecule has 2 aromatic rings. The predicted octanol–water partition coefficient (Wildman–Crippen LogP) is 2.75. The smallest absolute Gasteiger partial charge is 0.276 e. The highest BCUT2D eigenvalue weighted by molar-refractivity contribution is 9.10. The molecule has 0 aliphatic carbocycles. The lowest BCUT2D eigenvalue weighted by molar-refractivity contribution is 0.102. The number of nitrogens with zero attached hydrogens (tertiary/aromatic N) is 2. The van der Waals surface area contributed by atoms with E-state index >= 15 is 0 Å². The SMILES string of the molecule is COc1cc(C(=O)Nc2cc(C)ccc2Br)nn1C. The standard InChI is InChI=1S/C13H14BrN3O2/c1-8-4-5-9(14)10(6-8)15-13(18)11-7-12(19-3)17(2)16-11/h4-7H,1-3H3,(H,15,18). The van der Waals surface area contributed by atoms with Gasteiger partial charge in [0.15, 0.2) is 5.69 Å². The Kier molecular flexibility index (Phi) is 3.90. The summed E-state index contributed by atoms with van der Waals surface area (Å²) in [4.78, 5) is 12.1. The molecule has 0 spiro atoms. The number of carbonyl (C=O) groups is 1. The molecule has 1 heterocycles. The van der Waals surface area contributed by atoms with Crippen LogP contribution in [0.5, 0.6) is 5.88 Å². The molecule has 1 aromatic heterocycles. The highest BCUT2D eigenvalue weighted by Crippen LogP contribution is 2.24. The van der Waals surface area contributed by atoms with Crippen LogP contribution in [0.3, 0.4) is 0 Å². The van der Waals surface area contributed by atoms with E-state index in [9.17, 15) is 4.79 Å². The minimum absolute atomic E-state index is 0.273. The number of hydrogen-bond acceptors (Lipinski definition) is 3. The van der Waals surface area contributed by atoms with E-state index in [2.05, 4.69) is 26.3 Å². The monoisotopic (exact) mass is 323 g/mol. The van der Waals surface area contributed by atoms with E-state index in [1.165, 1.54) is 11.8 Å². The molecule has 100 valence electrons. The van der Waals surface area contributed by atoms with Crippen molar-refractivity contribution in [1.82, 2.24) is 9.78 Å². The van der Waals surface area contributed by atoms with Crippen LogP contribution in [0.15, 0.2) is 28.7 Å². The lowest BCUT2D eigenvalue weighted by atomic mass is 10.2. The first-order chi connectivity index (χ1) is 9.01. The molecule has 0 aliphatic heterocycles. The summed E-state index contributed by atoms with van der Waals surface area (Å²) in [7, 11) is 3.26. The number of nitrogens with one attached hydrogen (secondary N) is 1. The molecular weight excluding hydrogens is 310 g/mol. The molecule has 1 N–H and O–H groups in total. The van der Waals surface area contributed by atoms with Crippen molar-refractivity contribution < 1.29 is 9.53 Å². The molecule has 1 amide bonds. The molecule has 5 nitrogen and oxygen atoms in total. The molecule has 19 heavy (non-hydrogen) atoms. The van der Waals surface area contributed by atoms with Crippen LogP contribution in [0.2, 0.25) is 0 Å². The minimum atomic E-state index is -0.273. The number of rotatable bonds is 3. The van der Waals surface area contributed by atoms with E-state index in [1.54, 1.807) is 13.1 Å². The van der Waals surface area contributed by atoms with E-state index in [1.807, 2.05) is 25.1 Å². The van der Waals surface area contributed by atoms with Crippen LogP contribution in [-0.4, -0.2) is 22.8 Å². The number of benzene rings is 1. The van der Waals surface area contributed by atoms with Gasteiger partial charge in [-0.1, -0.05) is 6.07 Å². The summed E-state index contributed by atoms with van der Waals surface area (Å²) >= 11 is 3.40. The third-order valence-electron chi connectivity index (χ3n) is 2.65. The number of carbonyl (C=O) groups excluding carboxylic acids is 1. The number of aromatic nitrogens is 2. The van der Waals surface area contributed by atoms with Crippen molar-refractivity contribution in [2.45, 2.75) is 6.92 Å². The van der Waals surface area contributed by atoms with Crippen LogP contribution in [0.4, 0.5) is 5.69 Å². The molecule has 0 radical (unpaired) electrons. The van der Waals surface area contributed by atoms with Crippen molar-refractivity contribution >= 4 is 27.5 Å². The first-order valence-electron chi connectivity index (χ1n) is 5.67. The van der Waals surface area contributed by atoms with Gasteiger partial charge in [-0.05, 0) is 40.5 Å². The van der Waals surface area contributed by atoms with Crippen LogP contribution in [0, 0.1) is 6.92 Å². The van der Waals surface area contributed by atoms with Crippen LogP contribution in [0.1, 0.15) is 16.1 Å². The molecule has 0 bridgehead atoms. The maximum Gasteiger partial charge on any atom is 0.276 e. The second-order valence-corrected chi connectivity index (χ2v) is 4.99. The lowest BCUT2D eigenvalue weighted by Gasteiger charge is -2.06. The summed E-state index contributed by atoms with van der Waals surface area (Å²) < 4.78 is 7.42. The van der Waals surface area contributed by atoms with Gasteiger partial charge in [0, 0.05) is 17.6 Å². The second kappa shape index (κ2) is 5.44. The lowest BCUT2D eigenvalue weighted by Crippen LogP contribution is -2.13. The fourth-order valence-corrected chi connectivity index (χ4v) is 2.02. The summed E-state index contributed by atoms with van der Waals surface area (Å²) in [6.45, 7) is 1.96. The number of halogens is 1. The molecule has 0 fully saturated rings. The Morgan fingerprint density at radius 1 is 1.42 bits per heavy atom. The van der Waals surface area contributed by atoms with Crippen LogP contribution in [-0.2, 0) is 7.05 Å². The van der Waals surface area contributed by atoms with Crippen molar-refractivity contribution in [3.8, 4) is 5.88 Å². The molecule has 0 saturated heterocycles. The van der Waals surface area contributed by atoms with Crippen molar-refractivity contribution in [3.63, 3.8) is 0 Å². The van der Waals surface area contributed by atoms with Crippen molar-refractivity contribution in [2.24, 2.45) is 7.05 Å². The predicted molar refractivity (Wildman–Crippen MR) is 76.6 cm³/mol. The van der Waals surface area contributed by atoms with E-state index in [0.29, 0.717) is 11.6 Å². The summed E-state index contributed by atoms with van der Waals surface area (Å²) in [6.07, 6.45) is 0. The van der Waals surface area contributed by atoms with Gasteiger partial charge in [-0.2, -0.15) is 5.10 Å². The molecule has 0 saturated carbocycles. The highest BCUT2D eigenvalue weighted by atomic mass is 79.9. The highest BCUT2D eigenvalue weighted by Gasteiger charge is 2.14. The summed E-state index contributed by atoms with van der Waals surface area (Å²) in [5, 5.41) is 6.91. The third-order valence-corrected chi connectivity index (χ3v) is 3.34. The van der Waals surface area contributed by atoms with Gasteiger partial charge in [0.05, 0.1) is 12.8 Å². The van der Waals surface area contributed by atoms with Gasteiger partial charge >= 0.3 is 0 Å². The molecule has 0 unspecified atom stereocenters. The normalized spacial score (nSPS) is 10.3. The first-order valence-corrected chi connectivity index (χ1v) is 6.46. The van der Waals surface area contributed by atoms with Gasteiger partial charge in [-0.15, -0.1) is 0 Å². The van der Waals surface area contributed by atoms with Gasteiger partial charge in [-0.25, -0.2) is 4.68 Å². The van der Waals surface area contributed by atoms with Gasteiger partial charge in [-0.3, -0.25) is 4.79 Å². The fourth-order valence-electron chi connectivity index (χ4n) is 1.67. The maximum absolute atomic E-state index is 12.1. The van der Waals surface area contributed by atoms with Gasteiger partial charge in [0.2, 0.25) is 5.88 Å². The van der Waals surface area contributed by atoms with E-state index in [0.717, 1.165) is 15.7 Å². The largest absolute Gasteiger partial charge is 0.481 e. The average Bonchev–Trinajstić information content (AvgIpc) is 2.75. The number of anilines is 1. The van der Waals surface area contributed by atoms with Gasteiger partial charge in [0.25, 0.3) is 5.91 Å². The molecule has 1 aromatic carbocycles.